The molecule has 0 saturated carbocycles. The van der Waals surface area contributed by atoms with Crippen molar-refractivity contribution < 1.29 is 9.63 Å². The smallest absolute Gasteiger partial charge is 0.138 e. The van der Waals surface area contributed by atoms with Crippen LogP contribution in [0, 0.1) is 13.8 Å². The first-order valence-corrected chi connectivity index (χ1v) is 4.62. The van der Waals surface area contributed by atoms with Gasteiger partial charge in [-0.2, -0.15) is 0 Å². The van der Waals surface area contributed by atoms with E-state index in [0.717, 1.165) is 17.0 Å². The Hall–Kier alpha value is -1.69. The summed E-state index contributed by atoms with van der Waals surface area (Å²) in [6.45, 7) is 4.18. The summed E-state index contributed by atoms with van der Waals surface area (Å²) in [6, 6.07) is 0. The molecule has 0 aromatic carbocycles. The second-order valence-corrected chi connectivity index (χ2v) is 3.34. The number of rotatable bonds is 3. The lowest BCUT2D eigenvalue weighted by Gasteiger charge is -2.02. The minimum Gasteiger partial charge on any atom is -0.390 e. The molecule has 0 spiro atoms. The fourth-order valence-electron chi connectivity index (χ4n) is 1.41. The summed E-state index contributed by atoms with van der Waals surface area (Å²) < 4.78 is 6.68. The predicted octanol–water partition coefficient (Wildman–Crippen LogP) is 0.424. The molecular formula is C9H12N4O2. The zero-order valence-electron chi connectivity index (χ0n) is 8.64. The van der Waals surface area contributed by atoms with Gasteiger partial charge < -0.3 is 9.63 Å². The van der Waals surface area contributed by atoms with E-state index in [-0.39, 0.29) is 6.61 Å². The summed E-state index contributed by atoms with van der Waals surface area (Å²) in [4.78, 5) is 0. The van der Waals surface area contributed by atoms with Gasteiger partial charge in [-0.05, 0) is 13.8 Å². The van der Waals surface area contributed by atoms with Gasteiger partial charge in [-0.15, -0.1) is 5.10 Å². The summed E-state index contributed by atoms with van der Waals surface area (Å²) in [6.07, 6.45) is 1.54. The molecule has 2 rings (SSSR count). The average Bonchev–Trinajstić information content (AvgIpc) is 2.79. The van der Waals surface area contributed by atoms with Crippen LogP contribution in [0.5, 0.6) is 0 Å². The van der Waals surface area contributed by atoms with Crippen LogP contribution in [0.15, 0.2) is 10.7 Å². The third-order valence-electron chi connectivity index (χ3n) is 2.35. The zero-order valence-corrected chi connectivity index (χ0v) is 8.64. The first-order valence-electron chi connectivity index (χ1n) is 4.62. The second kappa shape index (κ2) is 3.82. The van der Waals surface area contributed by atoms with Crippen molar-refractivity contribution >= 4 is 0 Å². The number of nitrogens with zero attached hydrogens (tertiary/aromatic N) is 4. The molecule has 0 amide bonds. The Labute approximate surface area is 86.5 Å². The Bertz CT molecular complexity index is 441. The fraction of sp³-hybridized carbons (Fsp3) is 0.444. The quantitative estimate of drug-likeness (QED) is 0.791. The van der Waals surface area contributed by atoms with Crippen LogP contribution in [0.1, 0.15) is 22.7 Å². The minimum absolute atomic E-state index is 0.0730. The van der Waals surface area contributed by atoms with Crippen molar-refractivity contribution in [3.05, 3.63) is 28.9 Å². The highest BCUT2D eigenvalue weighted by Gasteiger charge is 2.11. The van der Waals surface area contributed by atoms with Gasteiger partial charge in [-0.3, -0.25) is 0 Å². The van der Waals surface area contributed by atoms with Crippen molar-refractivity contribution in [1.29, 1.82) is 0 Å². The molecular weight excluding hydrogens is 196 g/mol. The summed E-state index contributed by atoms with van der Waals surface area (Å²) in [5, 5.41) is 20.5. The first kappa shape index (κ1) is 9.85. The maximum atomic E-state index is 9.03. The van der Waals surface area contributed by atoms with Crippen LogP contribution in [0.2, 0.25) is 0 Å². The third-order valence-corrected chi connectivity index (χ3v) is 2.35. The van der Waals surface area contributed by atoms with Crippen LogP contribution >= 0.6 is 0 Å². The van der Waals surface area contributed by atoms with E-state index in [0.29, 0.717) is 12.2 Å². The molecule has 0 fully saturated rings. The van der Waals surface area contributed by atoms with Gasteiger partial charge in [0.15, 0.2) is 0 Å². The molecule has 6 nitrogen and oxygen atoms in total. The maximum Gasteiger partial charge on any atom is 0.138 e. The highest BCUT2D eigenvalue weighted by atomic mass is 16.5. The Balaban J connectivity index is 2.29. The van der Waals surface area contributed by atoms with Gasteiger partial charge in [0.25, 0.3) is 0 Å². The van der Waals surface area contributed by atoms with Crippen LogP contribution in [-0.4, -0.2) is 25.3 Å². The van der Waals surface area contributed by atoms with E-state index in [9.17, 15) is 0 Å². The normalized spacial score (nSPS) is 10.9. The van der Waals surface area contributed by atoms with Crippen LogP contribution in [0.3, 0.4) is 0 Å². The summed E-state index contributed by atoms with van der Waals surface area (Å²) in [5.74, 6) is 0.770. The standard InChI is InChI=1S/C9H12N4O2/c1-6-9(7(2)15-11-6)4-13-8(5-14)3-10-12-13/h3,14H,4-5H2,1-2H3. The van der Waals surface area contributed by atoms with Gasteiger partial charge in [0.05, 0.1) is 30.7 Å². The molecule has 0 aliphatic carbocycles. The minimum atomic E-state index is -0.0730. The van der Waals surface area contributed by atoms with Crippen LogP contribution in [0.25, 0.3) is 0 Å². The van der Waals surface area contributed by atoms with Crippen molar-refractivity contribution in [3.8, 4) is 0 Å². The van der Waals surface area contributed by atoms with Gasteiger partial charge in [0, 0.05) is 5.56 Å². The Kier molecular flexibility index (Phi) is 2.51. The molecule has 1 N–H and O–H groups in total. The molecule has 0 unspecified atom stereocenters. The SMILES string of the molecule is Cc1noc(C)c1Cn1nncc1CO. The summed E-state index contributed by atoms with van der Waals surface area (Å²) in [7, 11) is 0. The molecule has 2 heterocycles. The van der Waals surface area contributed by atoms with E-state index in [4.69, 9.17) is 9.63 Å². The Morgan fingerprint density at radius 3 is 2.87 bits per heavy atom. The summed E-state index contributed by atoms with van der Waals surface area (Å²) >= 11 is 0. The number of hydrogen-bond donors (Lipinski definition) is 1. The van der Waals surface area contributed by atoms with E-state index in [1.807, 2.05) is 13.8 Å². The Morgan fingerprint density at radius 2 is 2.27 bits per heavy atom. The van der Waals surface area contributed by atoms with E-state index < -0.39 is 0 Å². The predicted molar refractivity (Wildman–Crippen MR) is 51.0 cm³/mol. The molecule has 6 heteroatoms. The van der Waals surface area contributed by atoms with Crippen molar-refractivity contribution in [1.82, 2.24) is 20.2 Å². The van der Waals surface area contributed by atoms with Crippen LogP contribution < -0.4 is 0 Å². The lowest BCUT2D eigenvalue weighted by Crippen LogP contribution is -2.07. The molecule has 80 valence electrons. The second-order valence-electron chi connectivity index (χ2n) is 3.34. The first-order chi connectivity index (χ1) is 7.22. The topological polar surface area (TPSA) is 77.0 Å². The maximum absolute atomic E-state index is 9.03. The number of aromatic nitrogens is 4. The fourth-order valence-corrected chi connectivity index (χ4v) is 1.41. The van der Waals surface area contributed by atoms with Gasteiger partial charge in [-0.25, -0.2) is 4.68 Å². The monoisotopic (exact) mass is 208 g/mol. The van der Waals surface area contributed by atoms with Gasteiger partial charge in [0.1, 0.15) is 5.76 Å². The number of aliphatic hydroxyl groups is 1. The molecule has 0 atom stereocenters. The highest BCUT2D eigenvalue weighted by molar-refractivity contribution is 5.21. The van der Waals surface area contributed by atoms with E-state index >= 15 is 0 Å². The average molecular weight is 208 g/mol. The van der Waals surface area contributed by atoms with Crippen LogP contribution in [-0.2, 0) is 13.2 Å². The number of aliphatic hydroxyl groups excluding tert-OH is 1. The van der Waals surface area contributed by atoms with Crippen LogP contribution in [0.4, 0.5) is 0 Å². The van der Waals surface area contributed by atoms with Crippen molar-refractivity contribution in [2.24, 2.45) is 0 Å². The third kappa shape index (κ3) is 1.75. The largest absolute Gasteiger partial charge is 0.390 e. The summed E-state index contributed by atoms with van der Waals surface area (Å²) in [5.41, 5.74) is 2.50. The van der Waals surface area contributed by atoms with E-state index in [2.05, 4.69) is 15.5 Å². The number of aryl methyl sites for hydroxylation is 2. The lowest BCUT2D eigenvalue weighted by molar-refractivity contribution is 0.269. The molecule has 15 heavy (non-hydrogen) atoms. The highest BCUT2D eigenvalue weighted by Crippen LogP contribution is 2.14. The van der Waals surface area contributed by atoms with Crippen molar-refractivity contribution in [2.45, 2.75) is 27.0 Å². The Morgan fingerprint density at radius 1 is 1.47 bits per heavy atom. The van der Waals surface area contributed by atoms with Crippen molar-refractivity contribution in [3.63, 3.8) is 0 Å². The molecule has 0 radical (unpaired) electrons. The molecule has 2 aromatic heterocycles. The van der Waals surface area contributed by atoms with Gasteiger partial charge >= 0.3 is 0 Å². The lowest BCUT2D eigenvalue weighted by atomic mass is 10.2. The number of hydrogen-bond acceptors (Lipinski definition) is 5. The molecule has 0 aliphatic rings. The molecule has 0 saturated heterocycles. The van der Waals surface area contributed by atoms with Crippen molar-refractivity contribution in [2.75, 3.05) is 0 Å². The van der Waals surface area contributed by atoms with Gasteiger partial charge in [0.2, 0.25) is 0 Å². The van der Waals surface area contributed by atoms with Gasteiger partial charge in [-0.1, -0.05) is 10.4 Å². The van der Waals surface area contributed by atoms with E-state index in [1.165, 1.54) is 6.20 Å². The molecule has 0 bridgehead atoms. The molecule has 2 aromatic rings. The molecule has 0 aliphatic heterocycles. The van der Waals surface area contributed by atoms with E-state index in [1.54, 1.807) is 4.68 Å². The zero-order chi connectivity index (χ0) is 10.8.